The van der Waals surface area contributed by atoms with Crippen molar-refractivity contribution in [3.63, 3.8) is 0 Å². The summed E-state index contributed by atoms with van der Waals surface area (Å²) >= 11 is 0. The van der Waals surface area contributed by atoms with Crippen molar-refractivity contribution in [2.24, 2.45) is 0 Å². The van der Waals surface area contributed by atoms with Crippen molar-refractivity contribution >= 4 is 16.8 Å². The zero-order chi connectivity index (χ0) is 18.8. The van der Waals surface area contributed by atoms with Crippen LogP contribution in [0.25, 0.3) is 10.9 Å². The molecule has 0 aliphatic carbocycles. The quantitative estimate of drug-likeness (QED) is 0.744. The molecule has 1 aliphatic heterocycles. The Morgan fingerprint density at radius 2 is 2.04 bits per heavy atom. The molecule has 1 amide bonds. The lowest BCUT2D eigenvalue weighted by Crippen LogP contribution is -2.36. The van der Waals surface area contributed by atoms with Gasteiger partial charge in [0.2, 0.25) is 0 Å². The number of pyridine rings is 1. The first-order chi connectivity index (χ1) is 13.1. The molecule has 1 fully saturated rings. The number of benzene rings is 1. The van der Waals surface area contributed by atoms with Gasteiger partial charge in [-0.2, -0.15) is 0 Å². The minimum Gasteiger partial charge on any atom is -0.468 e. The first-order valence-electron chi connectivity index (χ1n) is 9.55. The molecule has 0 radical (unpaired) electrons. The Kier molecular flexibility index (Phi) is 4.94. The highest BCUT2D eigenvalue weighted by Crippen LogP contribution is 2.25. The monoisotopic (exact) mass is 363 g/mol. The summed E-state index contributed by atoms with van der Waals surface area (Å²) in [6, 6.07) is 11.9. The van der Waals surface area contributed by atoms with Gasteiger partial charge in [0, 0.05) is 17.6 Å². The van der Waals surface area contributed by atoms with E-state index >= 15 is 0 Å². The first-order valence-corrected chi connectivity index (χ1v) is 9.55. The Morgan fingerprint density at radius 1 is 1.22 bits per heavy atom. The van der Waals surface area contributed by atoms with Crippen LogP contribution in [0.15, 0.2) is 47.1 Å². The summed E-state index contributed by atoms with van der Waals surface area (Å²) in [6.07, 6.45) is 4.08. The maximum Gasteiger partial charge on any atom is 0.252 e. The zero-order valence-corrected chi connectivity index (χ0v) is 15.9. The Labute approximate surface area is 159 Å². The second-order valence-corrected chi connectivity index (χ2v) is 7.32. The number of aromatic nitrogens is 1. The van der Waals surface area contributed by atoms with Crippen molar-refractivity contribution in [1.29, 1.82) is 0 Å². The molecule has 5 heteroatoms. The topological polar surface area (TPSA) is 58.4 Å². The van der Waals surface area contributed by atoms with E-state index in [1.165, 1.54) is 12.8 Å². The van der Waals surface area contributed by atoms with Crippen LogP contribution in [0.2, 0.25) is 0 Å². The van der Waals surface area contributed by atoms with E-state index in [0.717, 1.165) is 41.0 Å². The number of amides is 1. The van der Waals surface area contributed by atoms with Crippen molar-refractivity contribution in [2.45, 2.75) is 32.7 Å². The second-order valence-electron chi connectivity index (χ2n) is 7.32. The van der Waals surface area contributed by atoms with E-state index in [9.17, 15) is 4.79 Å². The standard InChI is InChI=1S/C22H25N3O2/c1-15-7-8-19-17(12-15)18(13-16(2)24-19)22(26)23-14-20(21-6-5-11-27-21)25-9-3-4-10-25/h5-8,11-13,20H,3-4,9-10,14H2,1-2H3,(H,23,26). The van der Waals surface area contributed by atoms with E-state index in [1.807, 2.05) is 50.2 Å². The molecule has 0 saturated carbocycles. The lowest BCUT2D eigenvalue weighted by atomic mass is 10.0. The fourth-order valence-electron chi connectivity index (χ4n) is 3.89. The number of furan rings is 1. The minimum atomic E-state index is -0.0631. The van der Waals surface area contributed by atoms with Crippen molar-refractivity contribution in [2.75, 3.05) is 19.6 Å². The summed E-state index contributed by atoms with van der Waals surface area (Å²) in [7, 11) is 0. The van der Waals surface area contributed by atoms with E-state index in [-0.39, 0.29) is 11.9 Å². The normalized spacial score (nSPS) is 15.9. The summed E-state index contributed by atoms with van der Waals surface area (Å²) in [4.78, 5) is 20.0. The number of aryl methyl sites for hydroxylation is 2. The molecule has 140 valence electrons. The summed E-state index contributed by atoms with van der Waals surface area (Å²) in [6.45, 7) is 6.56. The fraction of sp³-hybridized carbons (Fsp3) is 0.364. The van der Waals surface area contributed by atoms with Gasteiger partial charge >= 0.3 is 0 Å². The number of rotatable bonds is 5. The molecule has 1 atom stereocenters. The predicted molar refractivity (Wildman–Crippen MR) is 106 cm³/mol. The van der Waals surface area contributed by atoms with Crippen molar-refractivity contribution in [3.8, 4) is 0 Å². The third-order valence-electron chi connectivity index (χ3n) is 5.25. The van der Waals surface area contributed by atoms with Crippen molar-refractivity contribution in [3.05, 3.63) is 65.2 Å². The molecule has 1 aliphatic rings. The molecule has 27 heavy (non-hydrogen) atoms. The number of carbonyl (C=O) groups is 1. The van der Waals surface area contributed by atoms with Gasteiger partial charge < -0.3 is 9.73 Å². The smallest absolute Gasteiger partial charge is 0.252 e. The zero-order valence-electron chi connectivity index (χ0n) is 15.9. The lowest BCUT2D eigenvalue weighted by molar-refractivity contribution is 0.0935. The van der Waals surface area contributed by atoms with E-state index < -0.39 is 0 Å². The highest BCUT2D eigenvalue weighted by molar-refractivity contribution is 6.06. The number of nitrogens with zero attached hydrogens (tertiary/aromatic N) is 2. The van der Waals surface area contributed by atoms with Crippen LogP contribution < -0.4 is 5.32 Å². The average Bonchev–Trinajstić information content (AvgIpc) is 3.36. The van der Waals surface area contributed by atoms with Crippen LogP contribution in [0, 0.1) is 13.8 Å². The largest absolute Gasteiger partial charge is 0.468 e. The Morgan fingerprint density at radius 3 is 2.78 bits per heavy atom. The highest BCUT2D eigenvalue weighted by Gasteiger charge is 2.26. The predicted octanol–water partition coefficient (Wildman–Crippen LogP) is 4.01. The number of hydrogen-bond donors (Lipinski definition) is 1. The van der Waals surface area contributed by atoms with Crippen LogP contribution in [-0.4, -0.2) is 35.4 Å². The van der Waals surface area contributed by atoms with Gasteiger partial charge in [0.25, 0.3) is 5.91 Å². The van der Waals surface area contributed by atoms with Gasteiger partial charge in [-0.1, -0.05) is 11.6 Å². The molecule has 1 N–H and O–H groups in total. The molecule has 3 aromatic rings. The molecular formula is C22H25N3O2. The van der Waals surface area contributed by atoms with E-state index in [0.29, 0.717) is 12.1 Å². The second kappa shape index (κ2) is 7.53. The molecular weight excluding hydrogens is 338 g/mol. The summed E-state index contributed by atoms with van der Waals surface area (Å²) < 4.78 is 5.65. The van der Waals surface area contributed by atoms with Gasteiger partial charge in [-0.15, -0.1) is 0 Å². The number of likely N-dealkylation sites (tertiary alicyclic amines) is 1. The number of hydrogen-bond acceptors (Lipinski definition) is 4. The minimum absolute atomic E-state index is 0.0631. The number of carbonyl (C=O) groups excluding carboxylic acids is 1. The summed E-state index contributed by atoms with van der Waals surface area (Å²) in [5.41, 5.74) is 3.50. The molecule has 1 aromatic carbocycles. The summed E-state index contributed by atoms with van der Waals surface area (Å²) in [5, 5.41) is 4.03. The number of nitrogens with one attached hydrogen (secondary N) is 1. The van der Waals surface area contributed by atoms with Crippen LogP contribution >= 0.6 is 0 Å². The van der Waals surface area contributed by atoms with Crippen molar-refractivity contribution < 1.29 is 9.21 Å². The third kappa shape index (κ3) is 3.74. The van der Waals surface area contributed by atoms with Crippen LogP contribution in [0.1, 0.15) is 46.3 Å². The van der Waals surface area contributed by atoms with Crippen LogP contribution in [-0.2, 0) is 0 Å². The summed E-state index contributed by atoms with van der Waals surface area (Å²) in [5.74, 6) is 0.843. The van der Waals surface area contributed by atoms with Crippen LogP contribution in [0.4, 0.5) is 0 Å². The van der Waals surface area contributed by atoms with E-state index in [4.69, 9.17) is 4.42 Å². The molecule has 1 saturated heterocycles. The molecule has 4 rings (SSSR count). The van der Waals surface area contributed by atoms with Gasteiger partial charge in [0.05, 0.1) is 23.4 Å². The van der Waals surface area contributed by atoms with E-state index in [2.05, 4.69) is 15.2 Å². The molecule has 3 heterocycles. The van der Waals surface area contributed by atoms with Crippen LogP contribution in [0.3, 0.4) is 0 Å². The highest BCUT2D eigenvalue weighted by atomic mass is 16.3. The molecule has 2 aromatic heterocycles. The van der Waals surface area contributed by atoms with Crippen LogP contribution in [0.5, 0.6) is 0 Å². The van der Waals surface area contributed by atoms with Gasteiger partial charge in [-0.3, -0.25) is 14.7 Å². The average molecular weight is 363 g/mol. The maximum atomic E-state index is 13.0. The molecule has 1 unspecified atom stereocenters. The molecule has 0 spiro atoms. The number of fused-ring (bicyclic) bond motifs is 1. The van der Waals surface area contributed by atoms with Gasteiger partial charge in [-0.05, 0) is 70.1 Å². The fourth-order valence-corrected chi connectivity index (χ4v) is 3.89. The van der Waals surface area contributed by atoms with Crippen molar-refractivity contribution in [1.82, 2.24) is 15.2 Å². The lowest BCUT2D eigenvalue weighted by Gasteiger charge is -2.26. The first kappa shape index (κ1) is 17.7. The van der Waals surface area contributed by atoms with Gasteiger partial charge in [-0.25, -0.2) is 0 Å². The third-order valence-corrected chi connectivity index (χ3v) is 5.25. The van der Waals surface area contributed by atoms with Gasteiger partial charge in [0.1, 0.15) is 5.76 Å². The van der Waals surface area contributed by atoms with E-state index in [1.54, 1.807) is 6.26 Å². The molecule has 0 bridgehead atoms. The Bertz CT molecular complexity index is 944. The Balaban J connectivity index is 1.58. The van der Waals surface area contributed by atoms with Gasteiger partial charge in [0.15, 0.2) is 0 Å². The maximum absolute atomic E-state index is 13.0. The molecule has 5 nitrogen and oxygen atoms in total. The SMILES string of the molecule is Cc1ccc2nc(C)cc(C(=O)NCC(c3ccco3)N3CCCC3)c2c1. The Hall–Kier alpha value is -2.66.